The second-order valence-electron chi connectivity index (χ2n) is 5.23. The van der Waals surface area contributed by atoms with Crippen LogP contribution in [0.25, 0.3) is 0 Å². The molecule has 0 bridgehead atoms. The Kier molecular flexibility index (Phi) is 4.92. The standard InChI is InChI=1S/C13H17FN2O2S3/c1-13(5-2-6-20-13)8-16-21(17,18)9-3-4-11(14)10(7-9)12(15)19/h3-4,7,16H,2,5-6,8H2,1H3,(H2,15,19). The van der Waals surface area contributed by atoms with Gasteiger partial charge >= 0.3 is 0 Å². The van der Waals surface area contributed by atoms with E-state index in [2.05, 4.69) is 4.72 Å². The average molecular weight is 348 g/mol. The quantitative estimate of drug-likeness (QED) is 0.797. The van der Waals surface area contributed by atoms with Gasteiger partial charge in [0.2, 0.25) is 10.0 Å². The Labute approximate surface area is 133 Å². The fourth-order valence-electron chi connectivity index (χ4n) is 2.17. The maximum absolute atomic E-state index is 13.5. The largest absolute Gasteiger partial charge is 0.389 e. The highest BCUT2D eigenvalue weighted by atomic mass is 32.2. The van der Waals surface area contributed by atoms with E-state index in [4.69, 9.17) is 18.0 Å². The predicted molar refractivity (Wildman–Crippen MR) is 87.6 cm³/mol. The SMILES string of the molecule is CC1(CNS(=O)(=O)c2ccc(F)c(C(N)=S)c2)CCCS1. The first kappa shape index (κ1) is 16.7. The molecule has 3 N–H and O–H groups in total. The average Bonchev–Trinajstić information content (AvgIpc) is 2.84. The molecular weight excluding hydrogens is 331 g/mol. The first-order valence-corrected chi connectivity index (χ1v) is 9.34. The van der Waals surface area contributed by atoms with Crippen molar-refractivity contribution in [3.63, 3.8) is 0 Å². The van der Waals surface area contributed by atoms with Gasteiger partial charge in [0, 0.05) is 16.9 Å². The van der Waals surface area contributed by atoms with Crippen LogP contribution in [0, 0.1) is 5.82 Å². The van der Waals surface area contributed by atoms with E-state index in [1.165, 1.54) is 12.1 Å². The summed E-state index contributed by atoms with van der Waals surface area (Å²) in [7, 11) is -3.70. The molecule has 0 aliphatic carbocycles. The number of benzene rings is 1. The predicted octanol–water partition coefficient (Wildman–Crippen LogP) is 2.02. The molecule has 1 aromatic rings. The lowest BCUT2D eigenvalue weighted by Gasteiger charge is -2.22. The van der Waals surface area contributed by atoms with Crippen molar-refractivity contribution in [1.29, 1.82) is 0 Å². The third kappa shape index (κ3) is 3.94. The van der Waals surface area contributed by atoms with Crippen LogP contribution in [0.15, 0.2) is 23.1 Å². The van der Waals surface area contributed by atoms with E-state index in [1.807, 2.05) is 6.92 Å². The van der Waals surface area contributed by atoms with Crippen molar-refractivity contribution in [3.8, 4) is 0 Å². The van der Waals surface area contributed by atoms with Gasteiger partial charge in [0.15, 0.2) is 0 Å². The van der Waals surface area contributed by atoms with Gasteiger partial charge < -0.3 is 5.73 Å². The molecule has 1 aromatic carbocycles. The molecule has 0 spiro atoms. The van der Waals surface area contributed by atoms with E-state index in [9.17, 15) is 12.8 Å². The number of sulfonamides is 1. The normalized spacial score (nSPS) is 22.4. The molecule has 1 aliphatic heterocycles. The number of hydrogen-bond donors (Lipinski definition) is 2. The van der Waals surface area contributed by atoms with Gasteiger partial charge in [0.05, 0.1) is 4.90 Å². The maximum Gasteiger partial charge on any atom is 0.240 e. The summed E-state index contributed by atoms with van der Waals surface area (Å²) in [6.07, 6.45) is 2.06. The van der Waals surface area contributed by atoms with Gasteiger partial charge in [-0.2, -0.15) is 11.8 Å². The molecule has 4 nitrogen and oxygen atoms in total. The van der Waals surface area contributed by atoms with E-state index in [1.54, 1.807) is 11.8 Å². The number of nitrogens with two attached hydrogens (primary N) is 1. The van der Waals surface area contributed by atoms with Crippen molar-refractivity contribution < 1.29 is 12.8 Å². The molecule has 8 heteroatoms. The molecule has 0 radical (unpaired) electrons. The summed E-state index contributed by atoms with van der Waals surface area (Å²) >= 11 is 6.48. The Bertz CT molecular complexity index is 655. The smallest absolute Gasteiger partial charge is 0.240 e. The van der Waals surface area contributed by atoms with Crippen LogP contribution < -0.4 is 10.5 Å². The monoisotopic (exact) mass is 348 g/mol. The summed E-state index contributed by atoms with van der Waals surface area (Å²) in [5.41, 5.74) is 5.33. The molecular formula is C13H17FN2O2S3. The molecule has 21 heavy (non-hydrogen) atoms. The minimum atomic E-state index is -3.70. The zero-order valence-electron chi connectivity index (χ0n) is 11.6. The third-order valence-electron chi connectivity index (χ3n) is 3.45. The fourth-order valence-corrected chi connectivity index (χ4v) is 4.86. The number of nitrogens with one attached hydrogen (secondary N) is 1. The van der Waals surface area contributed by atoms with Crippen LogP contribution >= 0.6 is 24.0 Å². The van der Waals surface area contributed by atoms with Crippen molar-refractivity contribution >= 4 is 39.0 Å². The van der Waals surface area contributed by atoms with E-state index >= 15 is 0 Å². The van der Waals surface area contributed by atoms with Gasteiger partial charge in [-0.1, -0.05) is 12.2 Å². The van der Waals surface area contributed by atoms with Crippen LogP contribution in [0.4, 0.5) is 4.39 Å². The second-order valence-corrected chi connectivity index (χ2v) is 9.12. The minimum Gasteiger partial charge on any atom is -0.389 e. The number of rotatable bonds is 5. The van der Waals surface area contributed by atoms with Crippen LogP contribution in [0.1, 0.15) is 25.3 Å². The number of hydrogen-bond acceptors (Lipinski definition) is 4. The van der Waals surface area contributed by atoms with Crippen LogP contribution in [0.2, 0.25) is 0 Å². The summed E-state index contributed by atoms with van der Waals surface area (Å²) in [5, 5.41) is 0. The molecule has 1 aliphatic rings. The summed E-state index contributed by atoms with van der Waals surface area (Å²) in [6, 6.07) is 3.45. The maximum atomic E-state index is 13.5. The lowest BCUT2D eigenvalue weighted by molar-refractivity contribution is 0.552. The van der Waals surface area contributed by atoms with Crippen molar-refractivity contribution in [2.24, 2.45) is 5.73 Å². The topological polar surface area (TPSA) is 72.2 Å². The molecule has 0 saturated carbocycles. The van der Waals surface area contributed by atoms with Crippen LogP contribution in [0.3, 0.4) is 0 Å². The molecule has 116 valence electrons. The first-order chi connectivity index (χ1) is 9.73. The fraction of sp³-hybridized carbons (Fsp3) is 0.462. The van der Waals surface area contributed by atoms with Crippen molar-refractivity contribution in [1.82, 2.24) is 4.72 Å². The van der Waals surface area contributed by atoms with E-state index < -0.39 is 15.8 Å². The highest BCUT2D eigenvalue weighted by Crippen LogP contribution is 2.37. The first-order valence-electron chi connectivity index (χ1n) is 6.46. The molecule has 2 rings (SSSR count). The third-order valence-corrected chi connectivity index (χ3v) is 6.61. The van der Waals surface area contributed by atoms with Gasteiger partial charge in [0.1, 0.15) is 10.8 Å². The molecule has 0 aromatic heterocycles. The summed E-state index contributed by atoms with van der Waals surface area (Å²) in [4.78, 5) is -0.193. The Morgan fingerprint density at radius 3 is 2.86 bits per heavy atom. The molecule has 1 heterocycles. The molecule has 1 atom stereocenters. The highest BCUT2D eigenvalue weighted by molar-refractivity contribution is 8.01. The van der Waals surface area contributed by atoms with Crippen LogP contribution in [-0.4, -0.2) is 30.5 Å². The second kappa shape index (κ2) is 6.20. The Balaban J connectivity index is 2.19. The highest BCUT2D eigenvalue weighted by Gasteiger charge is 2.31. The lowest BCUT2D eigenvalue weighted by Crippen LogP contribution is -2.36. The van der Waals surface area contributed by atoms with Gasteiger partial charge in [-0.3, -0.25) is 0 Å². The van der Waals surface area contributed by atoms with Crippen molar-refractivity contribution in [2.75, 3.05) is 12.3 Å². The zero-order valence-corrected chi connectivity index (χ0v) is 14.0. The molecule has 1 saturated heterocycles. The molecule has 1 fully saturated rings. The van der Waals surface area contributed by atoms with Gasteiger partial charge in [0.25, 0.3) is 0 Å². The number of halogens is 1. The number of thiocarbonyl (C=S) groups is 1. The Morgan fingerprint density at radius 1 is 1.57 bits per heavy atom. The van der Waals surface area contributed by atoms with E-state index in [0.29, 0.717) is 6.54 Å². The Morgan fingerprint density at radius 2 is 2.29 bits per heavy atom. The summed E-state index contributed by atoms with van der Waals surface area (Å²) in [5.74, 6) is 0.417. The molecule has 1 unspecified atom stereocenters. The lowest BCUT2D eigenvalue weighted by atomic mass is 10.1. The van der Waals surface area contributed by atoms with Crippen LogP contribution in [0.5, 0.6) is 0 Å². The van der Waals surface area contributed by atoms with Gasteiger partial charge in [-0.05, 0) is 43.7 Å². The zero-order chi connectivity index (χ0) is 15.7. The number of thioether (sulfide) groups is 1. The molecule has 0 amide bonds. The summed E-state index contributed by atoms with van der Waals surface area (Å²) < 4.78 is 40.6. The van der Waals surface area contributed by atoms with E-state index in [-0.39, 0.29) is 20.2 Å². The van der Waals surface area contributed by atoms with Gasteiger partial charge in [-0.25, -0.2) is 17.5 Å². The van der Waals surface area contributed by atoms with E-state index in [0.717, 1.165) is 24.7 Å². The summed E-state index contributed by atoms with van der Waals surface area (Å²) in [6.45, 7) is 2.39. The van der Waals surface area contributed by atoms with Crippen LogP contribution in [-0.2, 0) is 10.0 Å². The van der Waals surface area contributed by atoms with Crippen molar-refractivity contribution in [2.45, 2.75) is 29.4 Å². The minimum absolute atomic E-state index is 0.0294. The van der Waals surface area contributed by atoms with Gasteiger partial charge in [-0.15, -0.1) is 0 Å². The van der Waals surface area contributed by atoms with Crippen molar-refractivity contribution in [3.05, 3.63) is 29.6 Å². The Hall–Kier alpha value is -0.700.